The van der Waals surface area contributed by atoms with Crippen molar-refractivity contribution in [2.75, 3.05) is 28.6 Å². The molecule has 0 aliphatic rings. The standard InChI is InChI=1S/C37H40F4N8O8S/c1-25(49-20-8-10-27(23-49)33(51)43-18-4-2-3-5-19-44-57-24-26-9-7-17-42-22-26)32(50)45-30-11-6-12-31(21-30)58(55,56)48-29-15-13-28(14-16-29)46-47-34(52)36(38,39)37(40,41)35(53)54/h6-17,20-23,25,44,46,48H,2-5,18-19,24H2,1H3,(H3-,43,45,47,50,51,52,53,54)/p+1. The molecule has 7 N–H and O–H groups in total. The Morgan fingerprint density at radius 3 is 2.26 bits per heavy atom. The van der Waals surface area contributed by atoms with E-state index in [1.165, 1.54) is 40.5 Å². The van der Waals surface area contributed by atoms with Crippen molar-refractivity contribution in [3.8, 4) is 0 Å². The van der Waals surface area contributed by atoms with Crippen LogP contribution >= 0.6 is 0 Å². The van der Waals surface area contributed by atoms with Gasteiger partial charge in [-0.15, -0.1) is 0 Å². The molecule has 310 valence electrons. The maximum Gasteiger partial charge on any atom is 0.413 e. The van der Waals surface area contributed by atoms with Gasteiger partial charge in [0.25, 0.3) is 21.8 Å². The number of nitrogens with zero attached hydrogens (tertiary/aromatic N) is 2. The molecular formula is C37H41F4N8O8S+. The fourth-order valence-corrected chi connectivity index (χ4v) is 6.08. The number of nitrogens with one attached hydrogen (secondary N) is 6. The first kappa shape index (κ1) is 44.5. The van der Waals surface area contributed by atoms with Crippen molar-refractivity contribution in [2.45, 2.75) is 62.0 Å². The van der Waals surface area contributed by atoms with Crippen LogP contribution < -0.4 is 36.3 Å². The summed E-state index contributed by atoms with van der Waals surface area (Å²) in [4.78, 5) is 57.2. The lowest BCUT2D eigenvalue weighted by Gasteiger charge is -2.22. The molecule has 21 heteroatoms. The van der Waals surface area contributed by atoms with E-state index in [1.54, 1.807) is 37.6 Å². The fraction of sp³-hybridized carbons (Fsp3) is 0.297. The number of pyridine rings is 2. The van der Waals surface area contributed by atoms with Crippen molar-refractivity contribution in [3.05, 3.63) is 109 Å². The van der Waals surface area contributed by atoms with Crippen molar-refractivity contribution in [3.63, 3.8) is 0 Å². The number of carbonyl (C=O) groups is 4. The van der Waals surface area contributed by atoms with Gasteiger partial charge in [0.1, 0.15) is 5.56 Å². The highest BCUT2D eigenvalue weighted by atomic mass is 32.2. The molecule has 0 aliphatic heterocycles. The Morgan fingerprint density at radius 1 is 0.862 bits per heavy atom. The van der Waals surface area contributed by atoms with E-state index in [1.807, 2.05) is 17.6 Å². The third kappa shape index (κ3) is 12.4. The first-order valence-corrected chi connectivity index (χ1v) is 19.1. The van der Waals surface area contributed by atoms with Crippen molar-refractivity contribution >= 4 is 50.8 Å². The highest BCUT2D eigenvalue weighted by molar-refractivity contribution is 7.92. The number of rotatable bonds is 22. The second-order valence-corrected chi connectivity index (χ2v) is 14.3. The van der Waals surface area contributed by atoms with E-state index in [2.05, 4.69) is 25.8 Å². The van der Waals surface area contributed by atoms with Crippen LogP contribution in [0.5, 0.6) is 0 Å². The monoisotopic (exact) mass is 833 g/mol. The summed E-state index contributed by atoms with van der Waals surface area (Å²) in [6.45, 7) is 3.19. The van der Waals surface area contributed by atoms with Gasteiger partial charge in [-0.05, 0) is 73.0 Å². The molecule has 0 bridgehead atoms. The summed E-state index contributed by atoms with van der Waals surface area (Å²) < 4.78 is 83.8. The smallest absolute Gasteiger partial charge is 0.413 e. The Hall–Kier alpha value is -6.19. The second kappa shape index (κ2) is 20.3. The zero-order valence-corrected chi connectivity index (χ0v) is 31.7. The number of amides is 3. The van der Waals surface area contributed by atoms with Gasteiger partial charge >= 0.3 is 23.7 Å². The van der Waals surface area contributed by atoms with E-state index in [9.17, 15) is 45.2 Å². The van der Waals surface area contributed by atoms with E-state index in [0.717, 1.165) is 55.5 Å². The molecule has 0 fully saturated rings. The van der Waals surface area contributed by atoms with Crippen LogP contribution in [0.25, 0.3) is 0 Å². The average molecular weight is 834 g/mol. The number of carboxylic acids is 1. The molecule has 4 aromatic rings. The second-order valence-electron chi connectivity index (χ2n) is 12.7. The van der Waals surface area contributed by atoms with Gasteiger partial charge in [-0.2, -0.15) is 22.1 Å². The molecule has 3 amide bonds. The lowest BCUT2D eigenvalue weighted by Crippen LogP contribution is -2.57. The molecule has 58 heavy (non-hydrogen) atoms. The first-order valence-electron chi connectivity index (χ1n) is 17.6. The Morgan fingerprint density at radius 2 is 1.57 bits per heavy atom. The number of halogens is 4. The van der Waals surface area contributed by atoms with Crippen LogP contribution in [-0.4, -0.2) is 67.1 Å². The van der Waals surface area contributed by atoms with Crippen molar-refractivity contribution in [1.82, 2.24) is 21.2 Å². The predicted molar refractivity (Wildman–Crippen MR) is 201 cm³/mol. The highest BCUT2D eigenvalue weighted by Gasteiger charge is 2.67. The average Bonchev–Trinajstić information content (AvgIpc) is 3.21. The topological polar surface area (TPSA) is 221 Å². The van der Waals surface area contributed by atoms with Gasteiger partial charge < -0.3 is 15.7 Å². The number of unbranched alkanes of at least 4 members (excludes halogenated alkanes) is 3. The Balaban J connectivity index is 1.22. The number of sulfonamides is 1. The lowest BCUT2D eigenvalue weighted by atomic mass is 10.1. The van der Waals surface area contributed by atoms with Crippen LogP contribution in [0.4, 0.5) is 34.6 Å². The van der Waals surface area contributed by atoms with Crippen LogP contribution in [0.1, 0.15) is 54.6 Å². The van der Waals surface area contributed by atoms with Gasteiger partial charge in [-0.1, -0.05) is 25.0 Å². The summed E-state index contributed by atoms with van der Waals surface area (Å²) in [6.07, 6.45) is 10.1. The molecule has 0 aliphatic carbocycles. The van der Waals surface area contributed by atoms with E-state index >= 15 is 0 Å². The summed E-state index contributed by atoms with van der Waals surface area (Å²) in [6, 6.07) is 16.0. The molecule has 0 saturated heterocycles. The SMILES string of the molecule is CC(C(=O)Nc1cccc(S(=O)(=O)Nc2ccc(NNC(=O)C(F)(F)C(F)(F)C(=O)O)cc2)c1)[n+]1cccc(C(=O)NCCCCCCNOCc2cccnc2)c1. The molecule has 2 aromatic heterocycles. The molecule has 0 spiro atoms. The van der Waals surface area contributed by atoms with Crippen molar-refractivity contribution in [2.24, 2.45) is 0 Å². The zero-order valence-electron chi connectivity index (χ0n) is 30.9. The molecule has 0 radical (unpaired) electrons. The Bertz CT molecular complexity index is 2150. The normalized spacial score (nSPS) is 12.2. The number of hydrogen-bond donors (Lipinski definition) is 7. The van der Waals surface area contributed by atoms with E-state index in [0.29, 0.717) is 25.3 Å². The fourth-order valence-electron chi connectivity index (χ4n) is 4.98. The van der Waals surface area contributed by atoms with Gasteiger partial charge in [-0.25, -0.2) is 18.7 Å². The minimum absolute atomic E-state index is 0.0322. The number of benzene rings is 2. The van der Waals surface area contributed by atoms with Crippen molar-refractivity contribution < 1.29 is 59.7 Å². The molecule has 0 saturated carbocycles. The van der Waals surface area contributed by atoms with E-state index in [-0.39, 0.29) is 27.9 Å². The summed E-state index contributed by atoms with van der Waals surface area (Å²) in [7, 11) is -4.26. The minimum atomic E-state index is -5.68. The van der Waals surface area contributed by atoms with Gasteiger partial charge in [0.05, 0.1) is 17.2 Å². The van der Waals surface area contributed by atoms with Crippen LogP contribution in [-0.2, 0) is 35.9 Å². The first-order chi connectivity index (χ1) is 27.5. The van der Waals surface area contributed by atoms with Crippen LogP contribution in [0.3, 0.4) is 0 Å². The minimum Gasteiger partial charge on any atom is -0.477 e. The molecule has 2 aromatic carbocycles. The highest BCUT2D eigenvalue weighted by Crippen LogP contribution is 2.34. The number of aromatic nitrogens is 2. The van der Waals surface area contributed by atoms with E-state index < -0.39 is 45.7 Å². The van der Waals surface area contributed by atoms with E-state index in [4.69, 9.17) is 9.94 Å². The van der Waals surface area contributed by atoms with Crippen LogP contribution in [0, 0.1) is 0 Å². The predicted octanol–water partition coefficient (Wildman–Crippen LogP) is 4.18. The number of hydrogen-bond acceptors (Lipinski definition) is 10. The largest absolute Gasteiger partial charge is 0.477 e. The van der Waals surface area contributed by atoms with Gasteiger partial charge in [0.15, 0.2) is 12.4 Å². The van der Waals surface area contributed by atoms with Crippen LogP contribution in [0.2, 0.25) is 0 Å². The third-order valence-electron chi connectivity index (χ3n) is 8.28. The summed E-state index contributed by atoms with van der Waals surface area (Å²) >= 11 is 0. The van der Waals surface area contributed by atoms with Crippen LogP contribution in [0.15, 0.2) is 102 Å². The quantitative estimate of drug-likeness (QED) is 0.0258. The number of hydrazine groups is 1. The maximum absolute atomic E-state index is 13.6. The zero-order chi connectivity index (χ0) is 42.3. The number of alkyl halides is 4. The number of anilines is 3. The molecule has 16 nitrogen and oxygen atoms in total. The molecule has 2 heterocycles. The molecular weight excluding hydrogens is 793 g/mol. The number of carbonyl (C=O) groups excluding carboxylic acids is 3. The van der Waals surface area contributed by atoms with Crippen molar-refractivity contribution in [1.29, 1.82) is 0 Å². The Kier molecular flexibility index (Phi) is 15.6. The van der Waals surface area contributed by atoms with Gasteiger partial charge in [-0.3, -0.25) is 39.8 Å². The van der Waals surface area contributed by atoms with Gasteiger partial charge in [0.2, 0.25) is 6.04 Å². The summed E-state index contributed by atoms with van der Waals surface area (Å²) in [5, 5.41) is 13.8. The summed E-state index contributed by atoms with van der Waals surface area (Å²) in [5.74, 6) is -17.9. The lowest BCUT2D eigenvalue weighted by molar-refractivity contribution is -0.705. The molecule has 1 unspecified atom stereocenters. The number of hydroxylamine groups is 1. The maximum atomic E-state index is 13.6. The number of aliphatic carboxylic acids is 1. The number of carboxylic acid groups (broad SMARTS) is 1. The third-order valence-corrected chi connectivity index (χ3v) is 9.66. The molecule has 1 atom stereocenters. The van der Waals surface area contributed by atoms with Gasteiger partial charge in [0, 0.05) is 49.8 Å². The molecule has 4 rings (SSSR count). The Labute approximate surface area is 330 Å². The summed E-state index contributed by atoms with van der Waals surface area (Å²) in [5.41, 5.74) is 7.39.